The van der Waals surface area contributed by atoms with Crippen LogP contribution in [-0.4, -0.2) is 30.6 Å². The van der Waals surface area contributed by atoms with E-state index in [0.29, 0.717) is 4.47 Å². The van der Waals surface area contributed by atoms with E-state index in [-0.39, 0.29) is 17.9 Å². The molecule has 5 nitrogen and oxygen atoms in total. The van der Waals surface area contributed by atoms with Crippen LogP contribution >= 0.6 is 15.9 Å². The van der Waals surface area contributed by atoms with Crippen LogP contribution < -0.4 is 5.32 Å². The van der Waals surface area contributed by atoms with Gasteiger partial charge in [0.1, 0.15) is 12.3 Å². The minimum Gasteiger partial charge on any atom is -0.507 e. The van der Waals surface area contributed by atoms with E-state index in [4.69, 9.17) is 0 Å². The number of hydrogen-bond acceptors (Lipinski definition) is 4. The zero-order valence-corrected chi connectivity index (χ0v) is 10.1. The average Bonchev–Trinajstić information content (AvgIpc) is 2.28. The summed E-state index contributed by atoms with van der Waals surface area (Å²) in [5.41, 5.74) is 0.0956. The molecule has 0 radical (unpaired) electrons. The number of hydrogen-bond donors (Lipinski definition) is 2. The number of carbonyl (C=O) groups is 2. The summed E-state index contributed by atoms with van der Waals surface area (Å²) < 4.78 is 5.03. The van der Waals surface area contributed by atoms with Gasteiger partial charge in [-0.3, -0.25) is 9.59 Å². The van der Waals surface area contributed by atoms with Crippen LogP contribution in [0.25, 0.3) is 0 Å². The van der Waals surface area contributed by atoms with Crippen LogP contribution in [0.15, 0.2) is 22.7 Å². The lowest BCUT2D eigenvalue weighted by Crippen LogP contribution is -2.30. The third kappa shape index (κ3) is 3.23. The van der Waals surface area contributed by atoms with Gasteiger partial charge in [-0.15, -0.1) is 0 Å². The van der Waals surface area contributed by atoms with Crippen molar-refractivity contribution in [1.82, 2.24) is 5.32 Å². The molecule has 86 valence electrons. The van der Waals surface area contributed by atoms with Gasteiger partial charge in [-0.25, -0.2) is 0 Å². The van der Waals surface area contributed by atoms with E-state index < -0.39 is 11.9 Å². The Morgan fingerprint density at radius 2 is 2.19 bits per heavy atom. The Balaban J connectivity index is 2.73. The number of benzene rings is 1. The Labute approximate surface area is 101 Å². The van der Waals surface area contributed by atoms with E-state index in [9.17, 15) is 14.7 Å². The van der Waals surface area contributed by atoms with Crippen LogP contribution in [0.2, 0.25) is 0 Å². The first-order valence-corrected chi connectivity index (χ1v) is 5.17. The van der Waals surface area contributed by atoms with Crippen LogP contribution in [0.5, 0.6) is 5.75 Å². The molecule has 1 aromatic rings. The van der Waals surface area contributed by atoms with Gasteiger partial charge in [0.25, 0.3) is 5.91 Å². The van der Waals surface area contributed by atoms with Gasteiger partial charge in [0.2, 0.25) is 0 Å². The molecule has 1 amide bonds. The summed E-state index contributed by atoms with van der Waals surface area (Å²) in [7, 11) is 1.23. The van der Waals surface area contributed by atoms with Gasteiger partial charge in [-0.05, 0) is 18.2 Å². The molecular formula is C10H10BrNO4. The second kappa shape index (κ2) is 5.50. The lowest BCUT2D eigenvalue weighted by molar-refractivity contribution is -0.139. The lowest BCUT2D eigenvalue weighted by Gasteiger charge is -2.06. The molecule has 1 rings (SSSR count). The topological polar surface area (TPSA) is 75.6 Å². The zero-order chi connectivity index (χ0) is 12.1. The van der Waals surface area contributed by atoms with Crippen LogP contribution in [0.3, 0.4) is 0 Å². The number of phenols is 1. The Morgan fingerprint density at radius 1 is 1.50 bits per heavy atom. The minimum absolute atomic E-state index is 0.0956. The molecule has 1 aromatic carbocycles. The van der Waals surface area contributed by atoms with Crippen molar-refractivity contribution < 1.29 is 19.4 Å². The molecule has 0 atom stereocenters. The highest BCUT2D eigenvalue weighted by molar-refractivity contribution is 9.10. The predicted molar refractivity (Wildman–Crippen MR) is 60.2 cm³/mol. The Kier molecular flexibility index (Phi) is 4.30. The largest absolute Gasteiger partial charge is 0.507 e. The number of phenolic OH excluding ortho intramolecular Hbond substituents is 1. The van der Waals surface area contributed by atoms with Crippen LogP contribution in [0.4, 0.5) is 0 Å². The lowest BCUT2D eigenvalue weighted by atomic mass is 10.2. The number of nitrogens with one attached hydrogen (secondary N) is 1. The molecule has 0 aliphatic rings. The highest BCUT2D eigenvalue weighted by Crippen LogP contribution is 2.21. The van der Waals surface area contributed by atoms with Gasteiger partial charge in [0.15, 0.2) is 0 Å². The highest BCUT2D eigenvalue weighted by Gasteiger charge is 2.12. The summed E-state index contributed by atoms with van der Waals surface area (Å²) in [6.07, 6.45) is 0. The molecule has 0 aliphatic carbocycles. The van der Waals surface area contributed by atoms with Crippen LogP contribution in [0.1, 0.15) is 10.4 Å². The van der Waals surface area contributed by atoms with Crippen molar-refractivity contribution in [2.24, 2.45) is 0 Å². The number of halogens is 1. The van der Waals surface area contributed by atoms with Gasteiger partial charge >= 0.3 is 5.97 Å². The summed E-state index contributed by atoms with van der Waals surface area (Å²) in [4.78, 5) is 22.3. The van der Waals surface area contributed by atoms with E-state index in [1.54, 1.807) is 6.07 Å². The average molecular weight is 288 g/mol. The van der Waals surface area contributed by atoms with Crippen LogP contribution in [-0.2, 0) is 9.53 Å². The van der Waals surface area contributed by atoms with Gasteiger partial charge in [-0.1, -0.05) is 15.9 Å². The molecule has 0 unspecified atom stereocenters. The van der Waals surface area contributed by atoms with Crippen molar-refractivity contribution in [3.63, 3.8) is 0 Å². The van der Waals surface area contributed by atoms with Crippen molar-refractivity contribution in [2.75, 3.05) is 13.7 Å². The van der Waals surface area contributed by atoms with E-state index in [2.05, 4.69) is 26.0 Å². The number of esters is 1. The molecule has 0 heterocycles. The van der Waals surface area contributed by atoms with Gasteiger partial charge in [-0.2, -0.15) is 0 Å². The van der Waals surface area contributed by atoms with Crippen molar-refractivity contribution >= 4 is 27.8 Å². The summed E-state index contributed by atoms with van der Waals surface area (Å²) >= 11 is 3.18. The summed E-state index contributed by atoms with van der Waals surface area (Å²) in [6, 6.07) is 4.45. The number of aromatic hydroxyl groups is 1. The molecular weight excluding hydrogens is 278 g/mol. The molecule has 0 aromatic heterocycles. The number of rotatable bonds is 3. The Hall–Kier alpha value is -1.56. The number of amides is 1. The normalized spacial score (nSPS) is 9.62. The van der Waals surface area contributed by atoms with Crippen molar-refractivity contribution in [1.29, 1.82) is 0 Å². The fourth-order valence-corrected chi connectivity index (χ4v) is 1.37. The monoisotopic (exact) mass is 287 g/mol. The minimum atomic E-state index is -0.553. The maximum Gasteiger partial charge on any atom is 0.325 e. The van der Waals surface area contributed by atoms with E-state index in [1.807, 2.05) is 0 Å². The first-order chi connectivity index (χ1) is 7.54. The van der Waals surface area contributed by atoms with E-state index in [0.717, 1.165) is 0 Å². The molecule has 0 bridgehead atoms. The zero-order valence-electron chi connectivity index (χ0n) is 8.49. The molecule has 0 spiro atoms. The maximum absolute atomic E-state index is 11.5. The second-order valence-electron chi connectivity index (χ2n) is 2.92. The van der Waals surface area contributed by atoms with E-state index in [1.165, 1.54) is 19.2 Å². The molecule has 0 fully saturated rings. The predicted octanol–water partition coefficient (Wildman–Crippen LogP) is 1.06. The number of ether oxygens (including phenoxy) is 1. The highest BCUT2D eigenvalue weighted by atomic mass is 79.9. The summed E-state index contributed by atoms with van der Waals surface area (Å²) in [5, 5.41) is 11.8. The van der Waals surface area contributed by atoms with E-state index >= 15 is 0 Å². The van der Waals surface area contributed by atoms with Gasteiger partial charge in [0.05, 0.1) is 12.7 Å². The quantitative estimate of drug-likeness (QED) is 0.815. The fraction of sp³-hybridized carbons (Fsp3) is 0.200. The maximum atomic E-state index is 11.5. The molecule has 0 saturated carbocycles. The van der Waals surface area contributed by atoms with Gasteiger partial charge in [0, 0.05) is 4.47 Å². The standard InChI is InChI=1S/C10H10BrNO4/c1-16-9(14)5-12-10(15)7-4-6(11)2-3-8(7)13/h2-4,13H,5H2,1H3,(H,12,15). The Morgan fingerprint density at radius 3 is 2.81 bits per heavy atom. The van der Waals surface area contributed by atoms with Crippen molar-refractivity contribution in [3.8, 4) is 5.75 Å². The first kappa shape index (κ1) is 12.5. The molecule has 0 aliphatic heterocycles. The van der Waals surface area contributed by atoms with Crippen LogP contribution in [0, 0.1) is 0 Å². The second-order valence-corrected chi connectivity index (χ2v) is 3.84. The molecule has 0 saturated heterocycles. The fourth-order valence-electron chi connectivity index (χ4n) is 1.01. The third-order valence-corrected chi connectivity index (χ3v) is 2.32. The Bertz CT molecular complexity index is 419. The molecule has 2 N–H and O–H groups in total. The molecule has 6 heteroatoms. The summed E-state index contributed by atoms with van der Waals surface area (Å²) in [6.45, 7) is -0.235. The SMILES string of the molecule is COC(=O)CNC(=O)c1cc(Br)ccc1O. The number of methoxy groups -OCH3 is 1. The molecule has 16 heavy (non-hydrogen) atoms. The van der Waals surface area contributed by atoms with Crippen molar-refractivity contribution in [2.45, 2.75) is 0 Å². The smallest absolute Gasteiger partial charge is 0.325 e. The number of carbonyl (C=O) groups excluding carboxylic acids is 2. The third-order valence-electron chi connectivity index (χ3n) is 1.82. The first-order valence-electron chi connectivity index (χ1n) is 4.38. The van der Waals surface area contributed by atoms with Gasteiger partial charge < -0.3 is 15.2 Å². The van der Waals surface area contributed by atoms with Crippen molar-refractivity contribution in [3.05, 3.63) is 28.2 Å². The summed E-state index contributed by atoms with van der Waals surface area (Å²) in [5.74, 6) is -1.24.